The molecule has 16 heavy (non-hydrogen) atoms. The van der Waals surface area contributed by atoms with Crippen LogP contribution in [0.15, 0.2) is 18.2 Å². The van der Waals surface area contributed by atoms with Gasteiger partial charge in [0, 0.05) is 6.07 Å². The fourth-order valence-corrected chi connectivity index (χ4v) is 1.40. The zero-order valence-corrected chi connectivity index (χ0v) is 8.42. The number of H-pyrrole nitrogens is 1. The minimum atomic E-state index is -0.786. The Hall–Kier alpha value is -2.11. The van der Waals surface area contributed by atoms with Gasteiger partial charge in [0.15, 0.2) is 11.6 Å². The van der Waals surface area contributed by atoms with E-state index in [4.69, 9.17) is 10.5 Å². The molecule has 0 saturated heterocycles. The van der Waals surface area contributed by atoms with Crippen LogP contribution >= 0.6 is 0 Å². The van der Waals surface area contributed by atoms with Crippen molar-refractivity contribution in [2.45, 2.75) is 0 Å². The van der Waals surface area contributed by atoms with Crippen LogP contribution in [-0.4, -0.2) is 17.3 Å². The molecule has 0 radical (unpaired) electrons. The highest BCUT2D eigenvalue weighted by Gasteiger charge is 2.17. The number of ether oxygens (including phenoxy) is 1. The number of aromatic amines is 1. The number of hydrogen-bond donors (Lipinski definition) is 2. The first-order valence-corrected chi connectivity index (χ1v) is 4.46. The van der Waals surface area contributed by atoms with Crippen LogP contribution in [0.5, 0.6) is 5.75 Å². The molecule has 0 aliphatic rings. The number of aromatic nitrogens is 2. The molecule has 0 atom stereocenters. The smallest absolute Gasteiger partial charge is 0.177 e. The fourth-order valence-electron chi connectivity index (χ4n) is 1.40. The second-order valence-corrected chi connectivity index (χ2v) is 3.15. The minimum Gasteiger partial charge on any atom is -0.494 e. The molecule has 3 N–H and O–H groups in total. The van der Waals surface area contributed by atoms with E-state index in [9.17, 15) is 8.78 Å². The summed E-state index contributed by atoms with van der Waals surface area (Å²) in [6.07, 6.45) is 0. The standard InChI is InChI=1S/C10H9F2N3O/c1-16-7-3-2-5(11)9(10(7)12)6-4-8(13)15-14-6/h2-4H,1H3,(H3,13,14,15). The van der Waals surface area contributed by atoms with Crippen LogP contribution in [0.4, 0.5) is 14.6 Å². The van der Waals surface area contributed by atoms with E-state index in [1.54, 1.807) is 0 Å². The minimum absolute atomic E-state index is 0.0374. The Morgan fingerprint density at radius 2 is 2.12 bits per heavy atom. The third-order valence-electron chi connectivity index (χ3n) is 2.14. The molecule has 0 unspecified atom stereocenters. The average molecular weight is 225 g/mol. The summed E-state index contributed by atoms with van der Waals surface area (Å²) in [5.74, 6) is -1.37. The molecule has 2 aromatic rings. The summed E-state index contributed by atoms with van der Waals surface area (Å²) in [5.41, 5.74) is 5.31. The number of rotatable bonds is 2. The molecule has 0 spiro atoms. The Bertz CT molecular complexity index is 525. The second-order valence-electron chi connectivity index (χ2n) is 3.15. The van der Waals surface area contributed by atoms with Gasteiger partial charge in [-0.05, 0) is 12.1 Å². The average Bonchev–Trinajstić information content (AvgIpc) is 2.65. The first-order valence-electron chi connectivity index (χ1n) is 4.46. The van der Waals surface area contributed by atoms with Gasteiger partial charge in [0.05, 0.1) is 18.4 Å². The molecule has 0 fully saturated rings. The Morgan fingerprint density at radius 3 is 2.69 bits per heavy atom. The normalized spacial score (nSPS) is 10.4. The molecule has 1 aromatic carbocycles. The van der Waals surface area contributed by atoms with Crippen molar-refractivity contribution in [1.29, 1.82) is 0 Å². The van der Waals surface area contributed by atoms with Gasteiger partial charge in [-0.15, -0.1) is 0 Å². The summed E-state index contributed by atoms with van der Waals surface area (Å²) in [6.45, 7) is 0. The largest absolute Gasteiger partial charge is 0.494 e. The number of nitrogens with zero attached hydrogens (tertiary/aromatic N) is 1. The van der Waals surface area contributed by atoms with Crippen LogP contribution in [-0.2, 0) is 0 Å². The van der Waals surface area contributed by atoms with Crippen molar-refractivity contribution in [3.8, 4) is 17.0 Å². The van der Waals surface area contributed by atoms with Crippen LogP contribution in [0.25, 0.3) is 11.3 Å². The Kier molecular flexibility index (Phi) is 2.47. The molecule has 0 amide bonds. The molecule has 1 aromatic heterocycles. The highest BCUT2D eigenvalue weighted by atomic mass is 19.1. The molecular weight excluding hydrogens is 216 g/mol. The van der Waals surface area contributed by atoms with E-state index >= 15 is 0 Å². The van der Waals surface area contributed by atoms with Gasteiger partial charge in [-0.3, -0.25) is 5.10 Å². The van der Waals surface area contributed by atoms with Gasteiger partial charge in [-0.2, -0.15) is 5.10 Å². The van der Waals surface area contributed by atoms with E-state index in [0.29, 0.717) is 0 Å². The predicted molar refractivity (Wildman–Crippen MR) is 54.9 cm³/mol. The maximum atomic E-state index is 13.8. The van der Waals surface area contributed by atoms with Gasteiger partial charge in [0.25, 0.3) is 0 Å². The lowest BCUT2D eigenvalue weighted by molar-refractivity contribution is 0.385. The number of methoxy groups -OCH3 is 1. The maximum Gasteiger partial charge on any atom is 0.177 e. The fraction of sp³-hybridized carbons (Fsp3) is 0.100. The summed E-state index contributed by atoms with van der Waals surface area (Å²) in [7, 11) is 1.31. The van der Waals surface area contributed by atoms with Crippen LogP contribution in [0.1, 0.15) is 0 Å². The van der Waals surface area contributed by atoms with E-state index in [-0.39, 0.29) is 22.8 Å². The number of benzene rings is 1. The summed E-state index contributed by atoms with van der Waals surface area (Å²) in [5, 5.41) is 6.05. The maximum absolute atomic E-state index is 13.8. The van der Waals surface area contributed by atoms with E-state index in [1.807, 2.05) is 0 Å². The summed E-state index contributed by atoms with van der Waals surface area (Å²) in [4.78, 5) is 0. The van der Waals surface area contributed by atoms with Gasteiger partial charge in [-0.1, -0.05) is 0 Å². The van der Waals surface area contributed by atoms with Crippen molar-refractivity contribution >= 4 is 5.82 Å². The molecule has 4 nitrogen and oxygen atoms in total. The van der Waals surface area contributed by atoms with E-state index < -0.39 is 11.6 Å². The number of halogens is 2. The first kappa shape index (κ1) is 10.4. The van der Waals surface area contributed by atoms with Crippen molar-refractivity contribution in [2.75, 3.05) is 12.8 Å². The van der Waals surface area contributed by atoms with Crippen LogP contribution in [0.2, 0.25) is 0 Å². The zero-order chi connectivity index (χ0) is 11.7. The van der Waals surface area contributed by atoms with E-state index in [2.05, 4.69) is 10.2 Å². The van der Waals surface area contributed by atoms with Gasteiger partial charge >= 0.3 is 0 Å². The second kappa shape index (κ2) is 3.80. The third-order valence-corrected chi connectivity index (χ3v) is 2.14. The number of anilines is 1. The highest BCUT2D eigenvalue weighted by Crippen LogP contribution is 2.30. The molecule has 0 saturated carbocycles. The summed E-state index contributed by atoms with van der Waals surface area (Å²) < 4.78 is 32.0. The Morgan fingerprint density at radius 1 is 1.38 bits per heavy atom. The number of hydrogen-bond acceptors (Lipinski definition) is 3. The van der Waals surface area contributed by atoms with Crippen molar-refractivity contribution in [1.82, 2.24) is 10.2 Å². The molecule has 6 heteroatoms. The SMILES string of the molecule is COc1ccc(F)c(-c2cc(N)n[nH]2)c1F. The molecule has 0 aliphatic carbocycles. The van der Waals surface area contributed by atoms with E-state index in [0.717, 1.165) is 6.07 Å². The molecule has 0 aliphatic heterocycles. The highest BCUT2D eigenvalue weighted by molar-refractivity contribution is 5.65. The van der Waals surface area contributed by atoms with Crippen molar-refractivity contribution in [3.63, 3.8) is 0 Å². The molecule has 0 bridgehead atoms. The van der Waals surface area contributed by atoms with E-state index in [1.165, 1.54) is 19.2 Å². The molecule has 84 valence electrons. The van der Waals surface area contributed by atoms with Crippen molar-refractivity contribution in [3.05, 3.63) is 29.8 Å². The number of nitrogens with one attached hydrogen (secondary N) is 1. The van der Waals surface area contributed by atoms with Crippen LogP contribution < -0.4 is 10.5 Å². The number of nitrogens with two attached hydrogens (primary N) is 1. The van der Waals surface area contributed by atoms with Gasteiger partial charge in [0.2, 0.25) is 0 Å². The lowest BCUT2D eigenvalue weighted by Crippen LogP contribution is -1.95. The molecule has 1 heterocycles. The molecular formula is C10H9F2N3O. The third kappa shape index (κ3) is 1.58. The predicted octanol–water partition coefficient (Wildman–Crippen LogP) is 1.95. The Balaban J connectivity index is 2.63. The van der Waals surface area contributed by atoms with Gasteiger partial charge < -0.3 is 10.5 Å². The van der Waals surface area contributed by atoms with Crippen LogP contribution in [0, 0.1) is 11.6 Å². The zero-order valence-electron chi connectivity index (χ0n) is 8.42. The topological polar surface area (TPSA) is 63.9 Å². The number of nitrogen functional groups attached to an aromatic ring is 1. The summed E-state index contributed by atoms with van der Waals surface area (Å²) >= 11 is 0. The van der Waals surface area contributed by atoms with Crippen molar-refractivity contribution < 1.29 is 13.5 Å². The lowest BCUT2D eigenvalue weighted by Gasteiger charge is -2.06. The lowest BCUT2D eigenvalue weighted by atomic mass is 10.1. The monoisotopic (exact) mass is 225 g/mol. The van der Waals surface area contributed by atoms with Crippen molar-refractivity contribution in [2.24, 2.45) is 0 Å². The Labute approximate surface area is 90.0 Å². The quantitative estimate of drug-likeness (QED) is 0.820. The van der Waals surface area contributed by atoms with Crippen LogP contribution in [0.3, 0.4) is 0 Å². The van der Waals surface area contributed by atoms with Gasteiger partial charge in [0.1, 0.15) is 11.6 Å². The molecule has 2 rings (SSSR count). The van der Waals surface area contributed by atoms with Gasteiger partial charge in [-0.25, -0.2) is 8.78 Å². The first-order chi connectivity index (χ1) is 7.63. The summed E-state index contributed by atoms with van der Waals surface area (Å²) in [6, 6.07) is 3.68.